The monoisotopic (exact) mass is 660 g/mol. The van der Waals surface area contributed by atoms with Gasteiger partial charge < -0.3 is 28.2 Å². The molecule has 2 aromatic rings. The maximum atomic E-state index is 13.5. The Balaban J connectivity index is 1.61. The van der Waals surface area contributed by atoms with Crippen LogP contribution in [-0.4, -0.2) is 68.8 Å². The average molecular weight is 661 g/mol. The molecular weight excluding hydrogens is 613 g/mol. The number of hydroxylamine groups is 2. The summed E-state index contributed by atoms with van der Waals surface area (Å²) < 4.78 is 35.7. The van der Waals surface area contributed by atoms with Crippen LogP contribution in [0.4, 0.5) is 10.6 Å². The van der Waals surface area contributed by atoms with Crippen molar-refractivity contribution in [3.63, 3.8) is 0 Å². The molecule has 1 unspecified atom stereocenters. The molecule has 45 heavy (non-hydrogen) atoms. The van der Waals surface area contributed by atoms with Gasteiger partial charge >= 0.3 is 28.9 Å². The van der Waals surface area contributed by atoms with Crippen molar-refractivity contribution in [3.05, 3.63) is 58.1 Å². The Kier molecular flexibility index (Phi) is 9.41. The summed E-state index contributed by atoms with van der Waals surface area (Å²) in [5, 5.41) is 1.18. The molecule has 12 nitrogen and oxygen atoms in total. The number of amides is 1. The molecule has 3 saturated heterocycles. The van der Waals surface area contributed by atoms with Gasteiger partial charge in [0, 0.05) is 11.8 Å². The highest BCUT2D eigenvalue weighted by atomic mass is 28.5. The molecule has 5 rings (SSSR count). The third-order valence-corrected chi connectivity index (χ3v) is 19.6. The number of hydrogen-bond donors (Lipinski definition) is 1. The summed E-state index contributed by atoms with van der Waals surface area (Å²) in [6.07, 6.45) is -1.68. The fraction of sp³-hybridized carbons (Fsp3) is 0.645. The van der Waals surface area contributed by atoms with Gasteiger partial charge in [-0.2, -0.15) is 10.0 Å². The lowest BCUT2D eigenvalue weighted by molar-refractivity contribution is -0.249. The van der Waals surface area contributed by atoms with E-state index in [1.165, 1.54) is 9.63 Å². The van der Waals surface area contributed by atoms with Crippen molar-refractivity contribution in [2.24, 2.45) is 0 Å². The number of ether oxygens (including phenoxy) is 2. The summed E-state index contributed by atoms with van der Waals surface area (Å²) in [4.78, 5) is 37.2. The first kappa shape index (κ1) is 33.8. The van der Waals surface area contributed by atoms with Gasteiger partial charge in [0.15, 0.2) is 12.3 Å². The van der Waals surface area contributed by atoms with Gasteiger partial charge in [0.2, 0.25) is 0 Å². The van der Waals surface area contributed by atoms with Crippen LogP contribution in [-0.2, 0) is 33.9 Å². The number of hydrogen-bond acceptors (Lipinski definition) is 10. The van der Waals surface area contributed by atoms with Crippen LogP contribution in [0.15, 0.2) is 41.3 Å². The molecule has 0 spiro atoms. The van der Waals surface area contributed by atoms with Crippen molar-refractivity contribution >= 4 is 29.0 Å². The zero-order valence-electron chi connectivity index (χ0n) is 27.8. The Labute approximate surface area is 267 Å². The molecule has 14 heteroatoms. The molecular formula is C31H48N4O8Si2. The van der Waals surface area contributed by atoms with E-state index in [0.717, 1.165) is 5.56 Å². The van der Waals surface area contributed by atoms with E-state index in [-0.39, 0.29) is 47.7 Å². The number of aromatic nitrogens is 2. The molecule has 3 fully saturated rings. The van der Waals surface area contributed by atoms with Gasteiger partial charge in [0.1, 0.15) is 24.1 Å². The van der Waals surface area contributed by atoms with Crippen molar-refractivity contribution in [2.75, 3.05) is 18.9 Å². The minimum absolute atomic E-state index is 0.0320. The van der Waals surface area contributed by atoms with Crippen LogP contribution in [0.2, 0.25) is 22.2 Å². The van der Waals surface area contributed by atoms with Crippen LogP contribution in [0.3, 0.4) is 0 Å². The molecule has 4 heterocycles. The molecule has 0 aliphatic carbocycles. The summed E-state index contributed by atoms with van der Waals surface area (Å²) >= 11 is 0. The third kappa shape index (κ3) is 5.90. The van der Waals surface area contributed by atoms with E-state index in [2.05, 4.69) is 60.4 Å². The molecule has 248 valence electrons. The highest BCUT2D eigenvalue weighted by molar-refractivity contribution is 6.84. The third-order valence-electron chi connectivity index (χ3n) is 9.36. The predicted octanol–water partition coefficient (Wildman–Crippen LogP) is 5.31. The van der Waals surface area contributed by atoms with E-state index in [4.69, 9.17) is 33.0 Å². The molecule has 1 aromatic heterocycles. The number of carbonyl (C=O) groups is 1. The second-order valence-corrected chi connectivity index (χ2v) is 22.6. The predicted molar refractivity (Wildman–Crippen MR) is 173 cm³/mol. The van der Waals surface area contributed by atoms with Crippen LogP contribution in [0.5, 0.6) is 0 Å². The minimum Gasteiger partial charge on any atom is -0.443 e. The highest BCUT2D eigenvalue weighted by Crippen LogP contribution is 2.53. The molecule has 3 aliphatic heterocycles. The quantitative estimate of drug-likeness (QED) is 0.389. The molecule has 2 N–H and O–H groups in total. The van der Waals surface area contributed by atoms with E-state index in [1.54, 1.807) is 13.1 Å². The maximum Gasteiger partial charge on any atom is 0.434 e. The van der Waals surface area contributed by atoms with Gasteiger partial charge in [-0.25, -0.2) is 9.59 Å². The summed E-state index contributed by atoms with van der Waals surface area (Å²) in [5.41, 5.74) is 5.93. The zero-order chi connectivity index (χ0) is 32.9. The number of nitrogens with two attached hydrogens (primary N) is 1. The van der Waals surface area contributed by atoms with Crippen LogP contribution in [0.25, 0.3) is 0 Å². The van der Waals surface area contributed by atoms with Gasteiger partial charge in [0.05, 0.1) is 13.2 Å². The fourth-order valence-electron chi connectivity index (χ4n) is 6.84. The summed E-state index contributed by atoms with van der Waals surface area (Å²) in [7, 11) is -6.05. The lowest BCUT2D eigenvalue weighted by Gasteiger charge is -2.55. The number of benzene rings is 1. The minimum atomic E-state index is -3.09. The molecule has 4 atom stereocenters. The van der Waals surface area contributed by atoms with Crippen molar-refractivity contribution in [1.82, 2.24) is 14.6 Å². The summed E-state index contributed by atoms with van der Waals surface area (Å²) in [6.45, 7) is 19.0. The number of carbonyl (C=O) groups excluding carboxylic acids is 1. The second kappa shape index (κ2) is 12.5. The van der Waals surface area contributed by atoms with Crippen LogP contribution in [0.1, 0.15) is 72.7 Å². The number of anilines is 1. The SMILES string of the molecule is Cc1cn([C@@H]2O[C@]34CO[Si](C(C)C)(C(C)C)O[Si](C(C)C)(C(C)C)OC3[C@@H]2ON(C(=O)OCc2ccccc2)C4)c(=O)nc1N. The highest BCUT2D eigenvalue weighted by Gasteiger charge is 2.69. The number of aryl methyl sites for hydroxylation is 1. The summed E-state index contributed by atoms with van der Waals surface area (Å²) in [6, 6.07) is 9.43. The zero-order valence-corrected chi connectivity index (χ0v) is 29.8. The van der Waals surface area contributed by atoms with Gasteiger partial charge in [-0.05, 0) is 34.7 Å². The Hall–Kier alpha value is -2.60. The van der Waals surface area contributed by atoms with Crippen molar-refractivity contribution in [3.8, 4) is 0 Å². The molecule has 1 aromatic carbocycles. The fourth-order valence-corrected chi connectivity index (χ4v) is 18.1. The number of nitrogens with zero attached hydrogens (tertiary/aromatic N) is 3. The van der Waals surface area contributed by atoms with Crippen molar-refractivity contribution < 1.29 is 32.1 Å². The van der Waals surface area contributed by atoms with E-state index in [9.17, 15) is 9.59 Å². The molecule has 0 radical (unpaired) electrons. The number of nitrogen functional groups attached to an aromatic ring is 1. The average Bonchev–Trinajstić information content (AvgIpc) is 3.13. The van der Waals surface area contributed by atoms with Gasteiger partial charge in [-0.3, -0.25) is 9.40 Å². The van der Waals surface area contributed by atoms with Gasteiger partial charge in [-0.1, -0.05) is 85.7 Å². The maximum absolute atomic E-state index is 13.5. The lowest BCUT2D eigenvalue weighted by Crippen LogP contribution is -2.71. The van der Waals surface area contributed by atoms with Crippen LogP contribution in [0, 0.1) is 6.92 Å². The Morgan fingerprint density at radius 1 is 1.04 bits per heavy atom. The first-order valence-electron chi connectivity index (χ1n) is 15.9. The Morgan fingerprint density at radius 3 is 2.27 bits per heavy atom. The Bertz CT molecular complexity index is 1420. The van der Waals surface area contributed by atoms with E-state index >= 15 is 0 Å². The van der Waals surface area contributed by atoms with Crippen molar-refractivity contribution in [2.45, 2.75) is 115 Å². The molecule has 1 amide bonds. The first-order valence-corrected chi connectivity index (χ1v) is 19.8. The molecule has 0 saturated carbocycles. The normalized spacial score (nSPS) is 27.5. The lowest BCUT2D eigenvalue weighted by atomic mass is 9.94. The molecule has 3 aliphatic rings. The standard InChI is InChI=1S/C31H48N4O8Si2/c1-19(2)44(20(3)4)39-18-31-17-35(30(37)38-16-24-13-11-10-12-14-24)41-25(26(31)42-45(43-44,21(5)6)22(7)8)28(40-31)34-15-23(9)27(32)33-29(34)36/h10-15,19-22,25-26,28H,16-18H2,1-9H3,(H2,32,33,36)/t25-,26?,28+,31+/m0/s1. The van der Waals surface area contributed by atoms with E-state index in [1.807, 2.05) is 30.3 Å². The van der Waals surface area contributed by atoms with Crippen molar-refractivity contribution in [1.29, 1.82) is 0 Å². The topological polar surface area (TPSA) is 137 Å². The summed E-state index contributed by atoms with van der Waals surface area (Å²) in [5.74, 6) is 0.136. The van der Waals surface area contributed by atoms with Gasteiger partial charge in [0.25, 0.3) is 0 Å². The first-order chi connectivity index (χ1) is 21.2. The van der Waals surface area contributed by atoms with E-state index in [0.29, 0.717) is 5.56 Å². The Morgan fingerprint density at radius 2 is 1.67 bits per heavy atom. The second-order valence-electron chi connectivity index (χ2n) is 13.7. The number of rotatable bonds is 7. The smallest absolute Gasteiger partial charge is 0.434 e. The van der Waals surface area contributed by atoms with E-state index < -0.39 is 52.9 Å². The largest absolute Gasteiger partial charge is 0.443 e. The van der Waals surface area contributed by atoms with Crippen LogP contribution < -0.4 is 11.4 Å². The van der Waals surface area contributed by atoms with Crippen LogP contribution >= 0.6 is 0 Å². The molecule has 2 bridgehead atoms. The van der Waals surface area contributed by atoms with Gasteiger partial charge in [-0.15, -0.1) is 0 Å².